The molecule has 0 heterocycles. The molecular formula is C37H50FN3O5S. The quantitative estimate of drug-likeness (QED) is 0.195. The van der Waals surface area contributed by atoms with Crippen LogP contribution in [0.4, 0.5) is 4.39 Å². The van der Waals surface area contributed by atoms with Crippen LogP contribution in [0.15, 0.2) is 65.6 Å². The molecule has 3 aromatic carbocycles. The third-order valence-electron chi connectivity index (χ3n) is 9.39. The molecule has 0 saturated heterocycles. The molecule has 1 saturated carbocycles. The van der Waals surface area contributed by atoms with Crippen molar-refractivity contribution in [2.45, 2.75) is 63.9 Å². The van der Waals surface area contributed by atoms with Gasteiger partial charge in [0.15, 0.2) is 0 Å². The highest BCUT2D eigenvalue weighted by Gasteiger charge is 2.31. The molecule has 256 valence electrons. The van der Waals surface area contributed by atoms with Crippen LogP contribution < -0.4 is 10.1 Å². The number of benzene rings is 3. The van der Waals surface area contributed by atoms with Crippen molar-refractivity contribution in [3.05, 3.63) is 94.3 Å². The Labute approximate surface area is 280 Å². The molecule has 0 bridgehead atoms. The maximum Gasteiger partial charge on any atom is 0.246 e. The van der Waals surface area contributed by atoms with Crippen molar-refractivity contribution in [3.8, 4) is 5.75 Å². The van der Waals surface area contributed by atoms with Crippen molar-refractivity contribution >= 4 is 15.9 Å². The number of nitrogens with zero attached hydrogens (tertiary/aromatic N) is 2. The van der Waals surface area contributed by atoms with Crippen LogP contribution in [0.3, 0.4) is 0 Å². The van der Waals surface area contributed by atoms with E-state index in [-0.39, 0.29) is 49.0 Å². The molecule has 10 heteroatoms. The van der Waals surface area contributed by atoms with Crippen LogP contribution in [0, 0.1) is 38.4 Å². The maximum atomic E-state index is 14.1. The van der Waals surface area contributed by atoms with Gasteiger partial charge in [0.25, 0.3) is 0 Å². The average molecular weight is 668 g/mol. The molecule has 0 spiro atoms. The third kappa shape index (κ3) is 9.41. The zero-order chi connectivity index (χ0) is 34.1. The molecule has 1 aliphatic rings. The van der Waals surface area contributed by atoms with Gasteiger partial charge in [-0.1, -0.05) is 42.5 Å². The third-order valence-corrected chi connectivity index (χ3v) is 11.5. The summed E-state index contributed by atoms with van der Waals surface area (Å²) in [6.07, 6.45) is 3.99. The Morgan fingerprint density at radius 3 is 2.32 bits per heavy atom. The van der Waals surface area contributed by atoms with Gasteiger partial charge in [-0.25, -0.2) is 12.8 Å². The minimum atomic E-state index is -3.89. The molecule has 1 N–H and O–H groups in total. The minimum Gasteiger partial charge on any atom is -0.496 e. The first-order chi connectivity index (χ1) is 22.4. The van der Waals surface area contributed by atoms with E-state index >= 15 is 0 Å². The molecular weight excluding hydrogens is 617 g/mol. The number of nitrogens with one attached hydrogen (secondary N) is 1. The summed E-state index contributed by atoms with van der Waals surface area (Å²) >= 11 is 0. The number of carbonyl (C=O) groups is 1. The van der Waals surface area contributed by atoms with Gasteiger partial charge in [0.2, 0.25) is 15.9 Å². The number of amides is 1. The van der Waals surface area contributed by atoms with Crippen LogP contribution in [0.1, 0.15) is 59.5 Å². The number of halogens is 1. The molecule has 47 heavy (non-hydrogen) atoms. The van der Waals surface area contributed by atoms with Crippen molar-refractivity contribution in [1.29, 1.82) is 0 Å². The summed E-state index contributed by atoms with van der Waals surface area (Å²) in [5.74, 6) is 1.02. The molecule has 1 atom stereocenters. The Hall–Kier alpha value is -3.31. The Kier molecular flexibility index (Phi) is 13.0. The van der Waals surface area contributed by atoms with E-state index in [0.29, 0.717) is 35.3 Å². The van der Waals surface area contributed by atoms with Crippen LogP contribution >= 0.6 is 0 Å². The molecule has 0 aliphatic heterocycles. The zero-order valence-electron chi connectivity index (χ0n) is 28.6. The van der Waals surface area contributed by atoms with Crippen LogP contribution in [0.25, 0.3) is 0 Å². The van der Waals surface area contributed by atoms with E-state index in [1.54, 1.807) is 39.2 Å². The number of hydrogen-bond acceptors (Lipinski definition) is 6. The van der Waals surface area contributed by atoms with Gasteiger partial charge in [-0.15, -0.1) is 0 Å². The van der Waals surface area contributed by atoms with Gasteiger partial charge >= 0.3 is 0 Å². The predicted molar refractivity (Wildman–Crippen MR) is 183 cm³/mol. The molecule has 4 rings (SSSR count). The van der Waals surface area contributed by atoms with E-state index in [1.165, 1.54) is 10.4 Å². The van der Waals surface area contributed by atoms with E-state index < -0.39 is 10.0 Å². The molecule has 0 radical (unpaired) electrons. The van der Waals surface area contributed by atoms with Crippen LogP contribution in [0.5, 0.6) is 5.75 Å². The fraction of sp³-hybridized carbons (Fsp3) is 0.486. The van der Waals surface area contributed by atoms with Crippen LogP contribution in [-0.4, -0.2) is 71.0 Å². The maximum absolute atomic E-state index is 14.1. The Balaban J connectivity index is 1.30. The van der Waals surface area contributed by atoms with Crippen molar-refractivity contribution in [2.24, 2.45) is 11.8 Å². The SMILES string of the molecule is COc1cc(C)c(S(=O)(=O)N(CCOCC(=O)NCC2CCC(C(c3cccc(F)c3)N(C)C)CC2)Cc2ccccc2)c(C)c1C. The summed E-state index contributed by atoms with van der Waals surface area (Å²) in [7, 11) is 1.77. The van der Waals surface area contributed by atoms with E-state index in [1.807, 2.05) is 57.4 Å². The minimum absolute atomic E-state index is 0.0732. The lowest BCUT2D eigenvalue weighted by Gasteiger charge is -2.37. The molecule has 1 amide bonds. The van der Waals surface area contributed by atoms with E-state index in [4.69, 9.17) is 9.47 Å². The standard InChI is InChI=1S/C37H50FN3O5S/c1-26-21-34(45-6)27(2)28(3)37(26)47(43,44)41(24-30-11-8-7-9-12-30)19-20-46-25-35(42)39-23-29-15-17-31(18-16-29)36(40(4)5)32-13-10-14-33(38)22-32/h7-14,21-22,29,31,36H,15-20,23-25H2,1-6H3,(H,39,42). The average Bonchev–Trinajstić information content (AvgIpc) is 3.04. The van der Waals surface area contributed by atoms with Gasteiger partial charge in [-0.05, 0) is 118 Å². The lowest BCUT2D eigenvalue weighted by atomic mass is 9.76. The molecule has 0 aromatic heterocycles. The smallest absolute Gasteiger partial charge is 0.246 e. The monoisotopic (exact) mass is 667 g/mol. The second kappa shape index (κ2) is 16.7. The van der Waals surface area contributed by atoms with Gasteiger partial charge in [0.05, 0.1) is 18.6 Å². The molecule has 1 fully saturated rings. The number of hydrogen-bond donors (Lipinski definition) is 1. The Morgan fingerprint density at radius 1 is 0.979 bits per heavy atom. The highest BCUT2D eigenvalue weighted by Crippen LogP contribution is 2.39. The van der Waals surface area contributed by atoms with Crippen molar-refractivity contribution in [1.82, 2.24) is 14.5 Å². The van der Waals surface area contributed by atoms with Gasteiger partial charge < -0.3 is 19.7 Å². The first-order valence-electron chi connectivity index (χ1n) is 16.4. The number of aryl methyl sites for hydroxylation is 1. The Morgan fingerprint density at radius 2 is 1.68 bits per heavy atom. The highest BCUT2D eigenvalue weighted by atomic mass is 32.2. The fourth-order valence-electron chi connectivity index (χ4n) is 6.86. The van der Waals surface area contributed by atoms with Gasteiger partial charge in [-0.2, -0.15) is 4.31 Å². The van der Waals surface area contributed by atoms with Gasteiger partial charge in [-0.3, -0.25) is 4.79 Å². The second-order valence-electron chi connectivity index (χ2n) is 12.9. The van der Waals surface area contributed by atoms with E-state index in [9.17, 15) is 17.6 Å². The number of rotatable bonds is 15. The van der Waals surface area contributed by atoms with Crippen molar-refractivity contribution < 1.29 is 27.1 Å². The predicted octanol–water partition coefficient (Wildman–Crippen LogP) is 6.19. The highest BCUT2D eigenvalue weighted by molar-refractivity contribution is 7.89. The fourth-order valence-corrected chi connectivity index (χ4v) is 8.76. The summed E-state index contributed by atoms with van der Waals surface area (Å²) in [5.41, 5.74) is 3.91. The summed E-state index contributed by atoms with van der Waals surface area (Å²) in [4.78, 5) is 15.1. The topological polar surface area (TPSA) is 88.2 Å². The van der Waals surface area contributed by atoms with Crippen molar-refractivity contribution in [2.75, 3.05) is 47.5 Å². The van der Waals surface area contributed by atoms with Crippen LogP contribution in [-0.2, 0) is 26.1 Å². The van der Waals surface area contributed by atoms with E-state index in [2.05, 4.69) is 10.2 Å². The molecule has 3 aromatic rings. The van der Waals surface area contributed by atoms with Gasteiger partial charge in [0, 0.05) is 25.7 Å². The summed E-state index contributed by atoms with van der Waals surface area (Å²) in [6.45, 7) is 6.22. The number of methoxy groups -OCH3 is 1. The lowest BCUT2D eigenvalue weighted by Crippen LogP contribution is -2.37. The summed E-state index contributed by atoms with van der Waals surface area (Å²) in [6, 6.07) is 18.2. The lowest BCUT2D eigenvalue weighted by molar-refractivity contribution is -0.126. The number of ether oxygens (including phenoxy) is 2. The largest absolute Gasteiger partial charge is 0.496 e. The second-order valence-corrected chi connectivity index (χ2v) is 14.8. The number of carbonyl (C=O) groups excluding carboxylic acids is 1. The summed E-state index contributed by atoms with van der Waals surface area (Å²) < 4.78 is 54.6. The number of sulfonamides is 1. The van der Waals surface area contributed by atoms with Gasteiger partial charge in [0.1, 0.15) is 18.2 Å². The first-order valence-corrected chi connectivity index (χ1v) is 17.8. The first kappa shape index (κ1) is 36.5. The summed E-state index contributed by atoms with van der Waals surface area (Å²) in [5, 5.41) is 3.01. The molecule has 8 nitrogen and oxygen atoms in total. The molecule has 1 unspecified atom stereocenters. The van der Waals surface area contributed by atoms with E-state index in [0.717, 1.165) is 42.4 Å². The van der Waals surface area contributed by atoms with Crippen molar-refractivity contribution in [3.63, 3.8) is 0 Å². The van der Waals surface area contributed by atoms with Crippen LogP contribution in [0.2, 0.25) is 0 Å². The normalized spacial score (nSPS) is 17.6. The Bertz CT molecular complexity index is 1590. The zero-order valence-corrected chi connectivity index (χ0v) is 29.4. The molecule has 1 aliphatic carbocycles.